The first kappa shape index (κ1) is 16.0. The fraction of sp³-hybridized carbons (Fsp3) is 0.571. The SMILES string of the molecule is Cc1ccc([C@H](C)NCCCOCC(F)(F)F)cc1. The summed E-state index contributed by atoms with van der Waals surface area (Å²) in [5.41, 5.74) is 2.37. The number of nitrogens with one attached hydrogen (secondary N) is 1. The summed E-state index contributed by atoms with van der Waals surface area (Å²) in [7, 11) is 0. The second kappa shape index (κ2) is 7.50. The Morgan fingerprint density at radius 2 is 1.84 bits per heavy atom. The fourth-order valence-corrected chi connectivity index (χ4v) is 1.65. The Hall–Kier alpha value is -1.07. The predicted octanol–water partition coefficient (Wildman–Crippen LogP) is 3.61. The summed E-state index contributed by atoms with van der Waals surface area (Å²) in [6.07, 6.45) is -3.67. The van der Waals surface area contributed by atoms with Gasteiger partial charge in [-0.3, -0.25) is 0 Å². The van der Waals surface area contributed by atoms with Crippen molar-refractivity contribution in [2.24, 2.45) is 0 Å². The first-order valence-electron chi connectivity index (χ1n) is 6.33. The molecule has 1 aromatic carbocycles. The normalized spacial score (nSPS) is 13.5. The molecule has 0 spiro atoms. The van der Waals surface area contributed by atoms with E-state index in [4.69, 9.17) is 0 Å². The first-order valence-corrected chi connectivity index (χ1v) is 6.33. The molecule has 1 N–H and O–H groups in total. The van der Waals surface area contributed by atoms with Gasteiger partial charge in [0.15, 0.2) is 0 Å². The van der Waals surface area contributed by atoms with Crippen molar-refractivity contribution in [3.05, 3.63) is 35.4 Å². The van der Waals surface area contributed by atoms with Gasteiger partial charge in [0.2, 0.25) is 0 Å². The van der Waals surface area contributed by atoms with Gasteiger partial charge < -0.3 is 10.1 Å². The zero-order chi connectivity index (χ0) is 14.3. The van der Waals surface area contributed by atoms with Gasteiger partial charge in [-0.25, -0.2) is 0 Å². The predicted molar refractivity (Wildman–Crippen MR) is 69.1 cm³/mol. The Labute approximate surface area is 112 Å². The van der Waals surface area contributed by atoms with Crippen molar-refractivity contribution >= 4 is 0 Å². The molecule has 1 atom stereocenters. The third-order valence-corrected chi connectivity index (χ3v) is 2.76. The van der Waals surface area contributed by atoms with E-state index in [9.17, 15) is 13.2 Å². The molecular formula is C14H20F3NO. The van der Waals surface area contributed by atoms with E-state index in [-0.39, 0.29) is 12.6 Å². The van der Waals surface area contributed by atoms with E-state index in [2.05, 4.69) is 10.1 Å². The summed E-state index contributed by atoms with van der Waals surface area (Å²) in [4.78, 5) is 0. The smallest absolute Gasteiger partial charge is 0.372 e. The van der Waals surface area contributed by atoms with Crippen LogP contribution in [0.15, 0.2) is 24.3 Å². The third kappa shape index (κ3) is 7.18. The number of aryl methyl sites for hydroxylation is 1. The largest absolute Gasteiger partial charge is 0.411 e. The highest BCUT2D eigenvalue weighted by Crippen LogP contribution is 2.15. The van der Waals surface area contributed by atoms with Crippen molar-refractivity contribution in [3.63, 3.8) is 0 Å². The molecule has 0 aromatic heterocycles. The molecule has 0 aliphatic carbocycles. The molecule has 108 valence electrons. The molecule has 5 heteroatoms. The van der Waals surface area contributed by atoms with E-state index in [1.165, 1.54) is 11.1 Å². The lowest BCUT2D eigenvalue weighted by Gasteiger charge is -2.14. The van der Waals surface area contributed by atoms with Crippen LogP contribution in [0.1, 0.15) is 30.5 Å². The molecule has 0 heterocycles. The number of halogens is 3. The highest BCUT2D eigenvalue weighted by molar-refractivity contribution is 5.23. The molecule has 1 aromatic rings. The van der Waals surface area contributed by atoms with Crippen LogP contribution in [0.5, 0.6) is 0 Å². The summed E-state index contributed by atoms with van der Waals surface area (Å²) in [6, 6.07) is 8.36. The molecule has 0 aliphatic rings. The first-order chi connectivity index (χ1) is 8.88. The van der Waals surface area contributed by atoms with Crippen LogP contribution in [0.4, 0.5) is 13.2 Å². The fourth-order valence-electron chi connectivity index (χ4n) is 1.65. The molecule has 19 heavy (non-hydrogen) atoms. The zero-order valence-corrected chi connectivity index (χ0v) is 11.3. The van der Waals surface area contributed by atoms with E-state index in [0.29, 0.717) is 13.0 Å². The molecule has 0 aliphatic heterocycles. The highest BCUT2D eigenvalue weighted by Gasteiger charge is 2.27. The lowest BCUT2D eigenvalue weighted by atomic mass is 10.1. The highest BCUT2D eigenvalue weighted by atomic mass is 19.4. The Balaban J connectivity index is 2.14. The van der Waals surface area contributed by atoms with Crippen molar-refractivity contribution in [2.75, 3.05) is 19.8 Å². The minimum absolute atomic E-state index is 0.118. The summed E-state index contributed by atoms with van der Waals surface area (Å²) < 4.78 is 40.0. The Morgan fingerprint density at radius 1 is 1.21 bits per heavy atom. The van der Waals surface area contributed by atoms with Crippen LogP contribution >= 0.6 is 0 Å². The van der Waals surface area contributed by atoms with Gasteiger partial charge in [0, 0.05) is 12.6 Å². The minimum Gasteiger partial charge on any atom is -0.372 e. The average molecular weight is 275 g/mol. The molecule has 2 nitrogen and oxygen atoms in total. The van der Waals surface area contributed by atoms with Crippen molar-refractivity contribution in [2.45, 2.75) is 32.5 Å². The van der Waals surface area contributed by atoms with Crippen LogP contribution < -0.4 is 5.32 Å². The van der Waals surface area contributed by atoms with E-state index in [0.717, 1.165) is 0 Å². The molecule has 0 amide bonds. The Bertz CT molecular complexity index is 362. The number of alkyl halides is 3. The molecule has 0 unspecified atom stereocenters. The zero-order valence-electron chi connectivity index (χ0n) is 11.3. The second-order valence-electron chi connectivity index (χ2n) is 4.61. The quantitative estimate of drug-likeness (QED) is 0.767. The van der Waals surface area contributed by atoms with Gasteiger partial charge in [0.1, 0.15) is 6.61 Å². The van der Waals surface area contributed by atoms with Gasteiger partial charge in [0.25, 0.3) is 0 Å². The summed E-state index contributed by atoms with van der Waals surface area (Å²) >= 11 is 0. The topological polar surface area (TPSA) is 21.3 Å². The molecule has 0 saturated heterocycles. The Morgan fingerprint density at radius 3 is 2.42 bits per heavy atom. The maximum atomic E-state index is 11.8. The maximum Gasteiger partial charge on any atom is 0.411 e. The van der Waals surface area contributed by atoms with Crippen LogP contribution in [-0.4, -0.2) is 25.9 Å². The molecule has 0 radical (unpaired) electrons. The van der Waals surface area contributed by atoms with Crippen LogP contribution in [-0.2, 0) is 4.74 Å². The number of hydrogen-bond donors (Lipinski definition) is 1. The number of benzene rings is 1. The van der Waals surface area contributed by atoms with Crippen molar-refractivity contribution < 1.29 is 17.9 Å². The summed E-state index contributed by atoms with van der Waals surface area (Å²) in [5.74, 6) is 0. The molecule has 1 rings (SSSR count). The van der Waals surface area contributed by atoms with Crippen LogP contribution in [0.25, 0.3) is 0 Å². The van der Waals surface area contributed by atoms with Crippen LogP contribution in [0.3, 0.4) is 0 Å². The van der Waals surface area contributed by atoms with Gasteiger partial charge in [-0.2, -0.15) is 13.2 Å². The minimum atomic E-state index is -4.23. The van der Waals surface area contributed by atoms with E-state index in [1.54, 1.807) is 0 Å². The van der Waals surface area contributed by atoms with Gasteiger partial charge in [-0.15, -0.1) is 0 Å². The van der Waals surface area contributed by atoms with E-state index in [1.807, 2.05) is 38.1 Å². The molecule has 0 fully saturated rings. The standard InChI is InChI=1S/C14H20F3NO/c1-11-4-6-13(7-5-11)12(2)18-8-3-9-19-10-14(15,16)17/h4-7,12,18H,3,8-10H2,1-2H3/t12-/m0/s1. The van der Waals surface area contributed by atoms with Crippen LogP contribution in [0.2, 0.25) is 0 Å². The lowest BCUT2D eigenvalue weighted by molar-refractivity contribution is -0.173. The molecule has 0 saturated carbocycles. The van der Waals surface area contributed by atoms with Gasteiger partial charge in [-0.05, 0) is 32.4 Å². The van der Waals surface area contributed by atoms with Crippen LogP contribution in [0, 0.1) is 6.92 Å². The summed E-state index contributed by atoms with van der Waals surface area (Å²) in [5, 5.41) is 3.25. The number of ether oxygens (including phenoxy) is 1. The average Bonchev–Trinajstić information content (AvgIpc) is 2.33. The van der Waals surface area contributed by atoms with Crippen molar-refractivity contribution in [1.29, 1.82) is 0 Å². The maximum absolute atomic E-state index is 11.8. The third-order valence-electron chi connectivity index (χ3n) is 2.76. The van der Waals surface area contributed by atoms with Gasteiger partial charge >= 0.3 is 6.18 Å². The summed E-state index contributed by atoms with van der Waals surface area (Å²) in [6.45, 7) is 3.64. The van der Waals surface area contributed by atoms with Crippen molar-refractivity contribution in [3.8, 4) is 0 Å². The van der Waals surface area contributed by atoms with E-state index < -0.39 is 12.8 Å². The monoisotopic (exact) mass is 275 g/mol. The molecular weight excluding hydrogens is 255 g/mol. The number of rotatable bonds is 7. The van der Waals surface area contributed by atoms with E-state index >= 15 is 0 Å². The second-order valence-corrected chi connectivity index (χ2v) is 4.61. The van der Waals surface area contributed by atoms with Crippen molar-refractivity contribution in [1.82, 2.24) is 5.32 Å². The Kier molecular flexibility index (Phi) is 6.31. The van der Waals surface area contributed by atoms with Gasteiger partial charge in [-0.1, -0.05) is 29.8 Å². The van der Waals surface area contributed by atoms with Gasteiger partial charge in [0.05, 0.1) is 0 Å². The lowest BCUT2D eigenvalue weighted by Crippen LogP contribution is -2.22. The molecule has 0 bridgehead atoms. The number of hydrogen-bond acceptors (Lipinski definition) is 2.